The first-order chi connectivity index (χ1) is 7.09. The van der Waals surface area contributed by atoms with E-state index in [2.05, 4.69) is 5.32 Å². The van der Waals surface area contributed by atoms with Gasteiger partial charge in [-0.15, -0.1) is 0 Å². The summed E-state index contributed by atoms with van der Waals surface area (Å²) in [6.45, 7) is 1.83. The predicted molar refractivity (Wildman–Crippen MR) is 64.3 cm³/mol. The number of nitrogens with one attached hydrogen (secondary N) is 1. The van der Waals surface area contributed by atoms with E-state index in [1.807, 2.05) is 29.5 Å². The van der Waals surface area contributed by atoms with Crippen molar-refractivity contribution in [2.24, 2.45) is 0 Å². The molecule has 0 bridgehead atoms. The predicted octanol–water partition coefficient (Wildman–Crippen LogP) is 2.63. The Hall–Kier alpha value is -0.650. The maximum Gasteiger partial charge on any atom is 0.254 e. The molecule has 80 valence electrons. The van der Waals surface area contributed by atoms with Crippen LogP contribution in [0.15, 0.2) is 12.1 Å². The number of benzene rings is 1. The van der Waals surface area contributed by atoms with E-state index in [0.717, 1.165) is 18.4 Å². The Morgan fingerprint density at radius 2 is 2.20 bits per heavy atom. The minimum Gasteiger partial charge on any atom is -0.349 e. The Morgan fingerprint density at radius 3 is 2.80 bits per heavy atom. The molecule has 0 unspecified atom stereocenters. The molecule has 1 fully saturated rings. The lowest BCUT2D eigenvalue weighted by Crippen LogP contribution is -2.26. The van der Waals surface area contributed by atoms with E-state index < -0.39 is 5.82 Å². The van der Waals surface area contributed by atoms with Crippen molar-refractivity contribution >= 4 is 28.5 Å². The summed E-state index contributed by atoms with van der Waals surface area (Å²) in [5.41, 5.74) is 1.01. The zero-order valence-corrected chi connectivity index (χ0v) is 10.5. The zero-order valence-electron chi connectivity index (χ0n) is 8.31. The van der Waals surface area contributed by atoms with Crippen LogP contribution in [-0.2, 0) is 0 Å². The molecule has 1 amide bonds. The van der Waals surface area contributed by atoms with Gasteiger partial charge in [-0.25, -0.2) is 4.39 Å². The monoisotopic (exact) mass is 319 g/mol. The fourth-order valence-electron chi connectivity index (χ4n) is 1.31. The van der Waals surface area contributed by atoms with Crippen LogP contribution in [0.4, 0.5) is 4.39 Å². The van der Waals surface area contributed by atoms with Gasteiger partial charge >= 0.3 is 0 Å². The van der Waals surface area contributed by atoms with Crippen molar-refractivity contribution in [2.75, 3.05) is 0 Å². The number of hydrogen-bond acceptors (Lipinski definition) is 1. The van der Waals surface area contributed by atoms with Gasteiger partial charge in [0, 0.05) is 6.04 Å². The van der Waals surface area contributed by atoms with Crippen molar-refractivity contribution in [3.63, 3.8) is 0 Å². The largest absolute Gasteiger partial charge is 0.349 e. The Balaban J connectivity index is 2.26. The zero-order chi connectivity index (χ0) is 11.0. The molecule has 1 aliphatic rings. The van der Waals surface area contributed by atoms with Crippen molar-refractivity contribution in [3.8, 4) is 0 Å². The summed E-state index contributed by atoms with van der Waals surface area (Å²) < 4.78 is 14.2. The molecule has 1 aromatic rings. The number of rotatable bonds is 2. The molecule has 1 aromatic carbocycles. The van der Waals surface area contributed by atoms with E-state index >= 15 is 0 Å². The molecule has 1 saturated carbocycles. The van der Waals surface area contributed by atoms with E-state index in [9.17, 15) is 9.18 Å². The molecule has 0 atom stereocenters. The molecule has 0 spiro atoms. The van der Waals surface area contributed by atoms with Crippen LogP contribution in [0.3, 0.4) is 0 Å². The third-order valence-electron chi connectivity index (χ3n) is 2.43. The molecule has 2 rings (SSSR count). The average molecular weight is 319 g/mol. The van der Waals surface area contributed by atoms with Crippen LogP contribution >= 0.6 is 22.6 Å². The number of aryl methyl sites for hydroxylation is 1. The number of hydrogen-bond donors (Lipinski definition) is 1. The second kappa shape index (κ2) is 4.08. The van der Waals surface area contributed by atoms with Gasteiger partial charge in [-0.3, -0.25) is 4.79 Å². The first kappa shape index (κ1) is 10.9. The van der Waals surface area contributed by atoms with Gasteiger partial charge in [-0.1, -0.05) is 6.07 Å². The summed E-state index contributed by atoms with van der Waals surface area (Å²) in [5.74, 6) is -0.707. The van der Waals surface area contributed by atoms with Crippen LogP contribution in [0.5, 0.6) is 0 Å². The lowest BCUT2D eigenvalue weighted by Gasteiger charge is -2.07. The van der Waals surface area contributed by atoms with Gasteiger partial charge in [0.15, 0.2) is 0 Å². The summed E-state index contributed by atoms with van der Waals surface area (Å²) in [6.07, 6.45) is 2.02. The highest BCUT2D eigenvalue weighted by Gasteiger charge is 2.25. The number of carbonyl (C=O) groups excluding carboxylic acids is 1. The van der Waals surface area contributed by atoms with Gasteiger partial charge in [0.2, 0.25) is 0 Å². The number of amides is 1. The van der Waals surface area contributed by atoms with Crippen molar-refractivity contribution in [3.05, 3.63) is 32.6 Å². The molecule has 0 radical (unpaired) electrons. The summed E-state index contributed by atoms with van der Waals surface area (Å²) in [5, 5.41) is 2.78. The molecule has 0 aromatic heterocycles. The van der Waals surface area contributed by atoms with E-state index in [1.54, 1.807) is 12.1 Å². The smallest absolute Gasteiger partial charge is 0.254 e. The van der Waals surface area contributed by atoms with Gasteiger partial charge in [0.1, 0.15) is 5.82 Å². The van der Waals surface area contributed by atoms with Crippen molar-refractivity contribution < 1.29 is 9.18 Å². The molecule has 1 N–H and O–H groups in total. The van der Waals surface area contributed by atoms with Crippen LogP contribution in [0, 0.1) is 16.3 Å². The standard InChI is InChI=1S/C11H11FINO/c1-6-2-5-8(9(12)10(6)13)11(15)14-7-3-4-7/h2,5,7H,3-4H2,1H3,(H,14,15). The molecule has 2 nitrogen and oxygen atoms in total. The molecule has 0 heterocycles. The average Bonchev–Trinajstić information content (AvgIpc) is 2.98. The van der Waals surface area contributed by atoms with Gasteiger partial charge in [-0.2, -0.15) is 0 Å². The van der Waals surface area contributed by atoms with Crippen LogP contribution < -0.4 is 5.32 Å². The third kappa shape index (κ3) is 2.30. The lowest BCUT2D eigenvalue weighted by atomic mass is 10.1. The van der Waals surface area contributed by atoms with Gasteiger partial charge in [0.05, 0.1) is 9.13 Å². The molecule has 4 heteroatoms. The highest BCUT2D eigenvalue weighted by Crippen LogP contribution is 2.22. The van der Waals surface area contributed by atoms with Crippen molar-refractivity contribution in [2.45, 2.75) is 25.8 Å². The second-order valence-corrected chi connectivity index (χ2v) is 4.88. The minimum absolute atomic E-state index is 0.150. The van der Waals surface area contributed by atoms with Gasteiger partial charge in [0.25, 0.3) is 5.91 Å². The van der Waals surface area contributed by atoms with Crippen molar-refractivity contribution in [1.29, 1.82) is 0 Å². The lowest BCUT2D eigenvalue weighted by molar-refractivity contribution is 0.0947. The summed E-state index contributed by atoms with van der Waals surface area (Å²) in [4.78, 5) is 11.6. The molecule has 0 aliphatic heterocycles. The fraction of sp³-hybridized carbons (Fsp3) is 0.364. The van der Waals surface area contributed by atoms with Crippen molar-refractivity contribution in [1.82, 2.24) is 5.32 Å². The number of carbonyl (C=O) groups is 1. The van der Waals surface area contributed by atoms with E-state index in [1.165, 1.54) is 0 Å². The Bertz CT molecular complexity index is 415. The summed E-state index contributed by atoms with van der Waals surface area (Å²) in [6, 6.07) is 3.58. The SMILES string of the molecule is Cc1ccc(C(=O)NC2CC2)c(F)c1I. The maximum absolute atomic E-state index is 13.7. The van der Waals surface area contributed by atoms with Gasteiger partial charge in [-0.05, 0) is 54.0 Å². The second-order valence-electron chi connectivity index (χ2n) is 3.81. The first-order valence-electron chi connectivity index (χ1n) is 4.85. The molecule has 1 aliphatic carbocycles. The molecule has 15 heavy (non-hydrogen) atoms. The van der Waals surface area contributed by atoms with Crippen LogP contribution in [-0.4, -0.2) is 11.9 Å². The summed E-state index contributed by atoms with van der Waals surface area (Å²) in [7, 11) is 0. The van der Waals surface area contributed by atoms with E-state index in [-0.39, 0.29) is 17.5 Å². The van der Waals surface area contributed by atoms with Crippen LogP contribution in [0.25, 0.3) is 0 Å². The van der Waals surface area contributed by atoms with Crippen LogP contribution in [0.2, 0.25) is 0 Å². The Labute approximate surface area is 101 Å². The minimum atomic E-state index is -0.409. The van der Waals surface area contributed by atoms with E-state index in [0.29, 0.717) is 3.57 Å². The number of halogens is 2. The Morgan fingerprint density at radius 1 is 1.53 bits per heavy atom. The fourth-order valence-corrected chi connectivity index (χ4v) is 1.78. The Kier molecular flexibility index (Phi) is 2.95. The summed E-state index contributed by atoms with van der Waals surface area (Å²) >= 11 is 1.92. The van der Waals surface area contributed by atoms with Crippen LogP contribution in [0.1, 0.15) is 28.8 Å². The highest BCUT2D eigenvalue weighted by atomic mass is 127. The molecule has 0 saturated heterocycles. The quantitative estimate of drug-likeness (QED) is 0.834. The van der Waals surface area contributed by atoms with Gasteiger partial charge < -0.3 is 5.32 Å². The maximum atomic E-state index is 13.7. The van der Waals surface area contributed by atoms with E-state index in [4.69, 9.17) is 0 Å². The normalized spacial score (nSPS) is 15.1. The molecular weight excluding hydrogens is 308 g/mol. The topological polar surface area (TPSA) is 29.1 Å². The first-order valence-corrected chi connectivity index (χ1v) is 5.93. The third-order valence-corrected chi connectivity index (χ3v) is 3.76. The highest BCUT2D eigenvalue weighted by molar-refractivity contribution is 14.1. The molecular formula is C11H11FINO.